The van der Waals surface area contributed by atoms with Crippen LogP contribution in [0.1, 0.15) is 16.1 Å². The van der Waals surface area contributed by atoms with Crippen LogP contribution in [0.25, 0.3) is 22.6 Å². The molecule has 1 N–H and O–H groups in total. The molecule has 6 nitrogen and oxygen atoms in total. The van der Waals surface area contributed by atoms with E-state index in [4.69, 9.17) is 0 Å². The topological polar surface area (TPSA) is 64.2 Å². The number of amides is 1. The number of para-hydroxylation sites is 1. The summed E-state index contributed by atoms with van der Waals surface area (Å²) >= 11 is 0. The molecule has 30 heavy (non-hydrogen) atoms. The zero-order valence-electron chi connectivity index (χ0n) is 16.4. The van der Waals surface area contributed by atoms with Crippen LogP contribution in [0.2, 0.25) is 0 Å². The molecular formula is C24H19N5O. The Hall–Kier alpha value is -4.19. The molecule has 0 saturated heterocycles. The molecule has 3 heterocycles. The smallest absolute Gasteiger partial charge is 0.257 e. The van der Waals surface area contributed by atoms with Crippen LogP contribution in [0.5, 0.6) is 0 Å². The van der Waals surface area contributed by atoms with Gasteiger partial charge in [0.2, 0.25) is 0 Å². The molecule has 5 rings (SSSR count). The number of rotatable bonds is 4. The molecule has 0 aliphatic rings. The van der Waals surface area contributed by atoms with Crippen LogP contribution in [-0.2, 0) is 0 Å². The summed E-state index contributed by atoms with van der Waals surface area (Å²) in [6, 6.07) is 25.1. The molecule has 5 aromatic rings. The van der Waals surface area contributed by atoms with Gasteiger partial charge in [-0.1, -0.05) is 48.5 Å². The Labute approximate surface area is 173 Å². The predicted octanol–water partition coefficient (Wildman–Crippen LogP) is 4.75. The number of carbonyl (C=O) groups is 1. The number of pyridine rings is 1. The highest BCUT2D eigenvalue weighted by molar-refractivity contribution is 6.04. The van der Waals surface area contributed by atoms with Crippen molar-refractivity contribution in [3.63, 3.8) is 0 Å². The molecular weight excluding hydrogens is 374 g/mol. The number of benzene rings is 2. The quantitative estimate of drug-likeness (QED) is 0.479. The molecule has 0 saturated carbocycles. The van der Waals surface area contributed by atoms with Crippen molar-refractivity contribution in [2.24, 2.45) is 0 Å². The van der Waals surface area contributed by atoms with E-state index < -0.39 is 0 Å². The summed E-state index contributed by atoms with van der Waals surface area (Å²) in [6.45, 7) is 1.90. The van der Waals surface area contributed by atoms with Gasteiger partial charge in [-0.15, -0.1) is 0 Å². The average Bonchev–Trinajstić information content (AvgIpc) is 3.37. The minimum absolute atomic E-state index is 0.209. The Balaban J connectivity index is 1.45. The van der Waals surface area contributed by atoms with E-state index in [9.17, 15) is 4.79 Å². The van der Waals surface area contributed by atoms with Crippen LogP contribution < -0.4 is 5.32 Å². The Morgan fingerprint density at radius 2 is 1.67 bits per heavy atom. The zero-order chi connectivity index (χ0) is 20.5. The van der Waals surface area contributed by atoms with E-state index in [1.807, 2.05) is 90.4 Å². The molecule has 6 heteroatoms. The van der Waals surface area contributed by atoms with Gasteiger partial charge in [0.25, 0.3) is 5.91 Å². The zero-order valence-corrected chi connectivity index (χ0v) is 16.4. The summed E-state index contributed by atoms with van der Waals surface area (Å²) in [7, 11) is 0. The monoisotopic (exact) mass is 393 g/mol. The van der Waals surface area contributed by atoms with Crippen LogP contribution >= 0.6 is 0 Å². The number of hydrogen-bond acceptors (Lipinski definition) is 3. The van der Waals surface area contributed by atoms with Gasteiger partial charge in [0.15, 0.2) is 0 Å². The minimum atomic E-state index is -0.209. The van der Waals surface area contributed by atoms with Gasteiger partial charge in [-0.25, -0.2) is 9.67 Å². The maximum Gasteiger partial charge on any atom is 0.257 e. The van der Waals surface area contributed by atoms with Crippen molar-refractivity contribution in [3.8, 4) is 16.9 Å². The van der Waals surface area contributed by atoms with Crippen LogP contribution in [0.4, 0.5) is 5.82 Å². The van der Waals surface area contributed by atoms with E-state index in [-0.39, 0.29) is 5.91 Å². The van der Waals surface area contributed by atoms with Crippen molar-refractivity contribution < 1.29 is 4.79 Å². The van der Waals surface area contributed by atoms with Crippen LogP contribution in [0.3, 0.4) is 0 Å². The second-order valence-corrected chi connectivity index (χ2v) is 7.05. The first kappa shape index (κ1) is 17.9. The highest BCUT2D eigenvalue weighted by atomic mass is 16.1. The second kappa shape index (κ2) is 7.33. The number of nitrogens with one attached hydrogen (secondary N) is 1. The summed E-state index contributed by atoms with van der Waals surface area (Å²) in [4.78, 5) is 17.6. The molecule has 0 aliphatic carbocycles. The first-order valence-electron chi connectivity index (χ1n) is 9.65. The SMILES string of the molecule is Cc1cc(NC(=O)c2ccn3cc(-c4ccccc4)nc3c2)n(-c2ccccc2)n1. The molecule has 0 atom stereocenters. The van der Waals surface area contributed by atoms with Gasteiger partial charge < -0.3 is 9.72 Å². The standard InChI is InChI=1S/C24H19N5O/c1-17-14-23(29(27-17)20-10-6-3-7-11-20)26-24(30)19-12-13-28-16-21(25-22(28)15-19)18-8-4-2-5-9-18/h2-16H,1H3,(H,26,30). The van der Waals surface area contributed by atoms with E-state index >= 15 is 0 Å². The van der Waals surface area contributed by atoms with E-state index in [1.165, 1.54) is 0 Å². The van der Waals surface area contributed by atoms with E-state index in [2.05, 4.69) is 15.4 Å². The number of imidazole rings is 1. The number of fused-ring (bicyclic) bond motifs is 1. The third-order valence-electron chi connectivity index (χ3n) is 4.87. The predicted molar refractivity (Wildman–Crippen MR) is 117 cm³/mol. The Morgan fingerprint density at radius 1 is 0.933 bits per heavy atom. The summed E-state index contributed by atoms with van der Waals surface area (Å²) in [5.74, 6) is 0.413. The first-order valence-corrected chi connectivity index (χ1v) is 9.65. The molecule has 0 bridgehead atoms. The third-order valence-corrected chi connectivity index (χ3v) is 4.87. The van der Waals surface area contributed by atoms with Gasteiger partial charge in [0.05, 0.1) is 17.1 Å². The fourth-order valence-electron chi connectivity index (χ4n) is 3.41. The molecule has 3 aromatic heterocycles. The van der Waals surface area contributed by atoms with Crippen molar-refractivity contribution >= 4 is 17.4 Å². The van der Waals surface area contributed by atoms with Crippen molar-refractivity contribution in [3.05, 3.63) is 103 Å². The molecule has 0 aliphatic heterocycles. The van der Waals surface area contributed by atoms with E-state index in [1.54, 1.807) is 16.8 Å². The molecule has 0 spiro atoms. The number of nitrogens with zero attached hydrogens (tertiary/aromatic N) is 4. The minimum Gasteiger partial charge on any atom is -0.306 e. The van der Waals surface area contributed by atoms with E-state index in [0.29, 0.717) is 17.0 Å². The molecule has 0 unspecified atom stereocenters. The van der Waals surface area contributed by atoms with Crippen LogP contribution in [-0.4, -0.2) is 25.1 Å². The lowest BCUT2D eigenvalue weighted by atomic mass is 10.2. The summed E-state index contributed by atoms with van der Waals surface area (Å²) in [5.41, 5.74) is 4.86. The summed E-state index contributed by atoms with van der Waals surface area (Å²) in [6.07, 6.45) is 3.81. The largest absolute Gasteiger partial charge is 0.306 e. The molecule has 2 aromatic carbocycles. The average molecular weight is 393 g/mol. The molecule has 146 valence electrons. The Morgan fingerprint density at radius 3 is 2.43 bits per heavy atom. The first-order chi connectivity index (χ1) is 14.7. The Bertz CT molecular complexity index is 1340. The van der Waals surface area contributed by atoms with Gasteiger partial charge >= 0.3 is 0 Å². The second-order valence-electron chi connectivity index (χ2n) is 7.05. The van der Waals surface area contributed by atoms with Gasteiger partial charge in [-0.05, 0) is 31.2 Å². The maximum atomic E-state index is 12.9. The lowest BCUT2D eigenvalue weighted by Gasteiger charge is -2.09. The number of hydrogen-bond donors (Lipinski definition) is 1. The van der Waals surface area contributed by atoms with Gasteiger partial charge in [-0.2, -0.15) is 5.10 Å². The fourth-order valence-corrected chi connectivity index (χ4v) is 3.41. The maximum absolute atomic E-state index is 12.9. The van der Waals surface area contributed by atoms with Crippen molar-refractivity contribution in [2.75, 3.05) is 5.32 Å². The molecule has 0 fully saturated rings. The summed E-state index contributed by atoms with van der Waals surface area (Å²) in [5, 5.41) is 7.47. The Kier molecular flexibility index (Phi) is 4.37. The number of anilines is 1. The van der Waals surface area contributed by atoms with E-state index in [0.717, 1.165) is 22.6 Å². The molecule has 1 amide bonds. The van der Waals surface area contributed by atoms with Crippen molar-refractivity contribution in [1.29, 1.82) is 0 Å². The number of carbonyl (C=O) groups excluding carboxylic acids is 1. The molecule has 0 radical (unpaired) electrons. The lowest BCUT2D eigenvalue weighted by molar-refractivity contribution is 0.102. The fraction of sp³-hybridized carbons (Fsp3) is 0.0417. The van der Waals surface area contributed by atoms with Gasteiger partial charge in [-0.3, -0.25) is 4.79 Å². The normalized spacial score (nSPS) is 11.0. The third kappa shape index (κ3) is 3.35. The summed E-state index contributed by atoms with van der Waals surface area (Å²) < 4.78 is 3.65. The van der Waals surface area contributed by atoms with Crippen LogP contribution in [0.15, 0.2) is 91.3 Å². The van der Waals surface area contributed by atoms with Crippen LogP contribution in [0, 0.1) is 6.92 Å². The lowest BCUT2D eigenvalue weighted by Crippen LogP contribution is -2.15. The highest BCUT2D eigenvalue weighted by Gasteiger charge is 2.14. The van der Waals surface area contributed by atoms with Crippen molar-refractivity contribution in [2.45, 2.75) is 6.92 Å². The van der Waals surface area contributed by atoms with Gasteiger partial charge in [0, 0.05) is 29.6 Å². The highest BCUT2D eigenvalue weighted by Crippen LogP contribution is 2.21. The number of aryl methyl sites for hydroxylation is 1. The van der Waals surface area contributed by atoms with Gasteiger partial charge in [0.1, 0.15) is 11.5 Å². The van der Waals surface area contributed by atoms with Crippen molar-refractivity contribution in [1.82, 2.24) is 19.2 Å². The number of aromatic nitrogens is 4.